The summed E-state index contributed by atoms with van der Waals surface area (Å²) in [6, 6.07) is 5.96. The molecule has 82 valence electrons. The molecule has 0 aliphatic carbocycles. The average molecular weight is 223 g/mol. The first kappa shape index (κ1) is 8.75. The molecule has 0 saturated carbocycles. The van der Waals surface area contributed by atoms with Gasteiger partial charge in [-0.05, 0) is 6.07 Å². The van der Waals surface area contributed by atoms with Gasteiger partial charge in [0.15, 0.2) is 0 Å². The third-order valence-electron chi connectivity index (χ3n) is 3.32. The Morgan fingerprint density at radius 1 is 1.18 bits per heavy atom. The zero-order chi connectivity index (χ0) is 11.4. The molecule has 4 nitrogen and oxygen atoms in total. The van der Waals surface area contributed by atoms with E-state index in [-0.39, 0.29) is 5.91 Å². The van der Waals surface area contributed by atoms with Crippen LogP contribution >= 0.6 is 0 Å². The van der Waals surface area contributed by atoms with E-state index in [9.17, 15) is 4.79 Å². The number of rotatable bonds is 0. The van der Waals surface area contributed by atoms with Gasteiger partial charge in [-0.1, -0.05) is 12.1 Å². The van der Waals surface area contributed by atoms with Crippen molar-refractivity contribution >= 4 is 27.6 Å². The average Bonchev–Trinajstić information content (AvgIpc) is 2.90. The van der Waals surface area contributed by atoms with Crippen molar-refractivity contribution in [2.24, 2.45) is 0 Å². The Balaban J connectivity index is 2.23. The molecule has 1 aliphatic rings. The highest BCUT2D eigenvalue weighted by Crippen LogP contribution is 2.30. The normalized spacial score (nSPS) is 14.2. The van der Waals surface area contributed by atoms with Crippen LogP contribution in [0.5, 0.6) is 0 Å². The number of hydrogen-bond acceptors (Lipinski definition) is 2. The number of nitrogens with zero attached hydrogens (tertiary/aromatic N) is 1. The van der Waals surface area contributed by atoms with E-state index < -0.39 is 0 Å². The molecule has 0 atom stereocenters. The van der Waals surface area contributed by atoms with Crippen molar-refractivity contribution in [3.05, 3.63) is 41.9 Å². The number of nitrogens with one attached hydrogen (secondary N) is 2. The van der Waals surface area contributed by atoms with Gasteiger partial charge in [0, 0.05) is 34.2 Å². The topological polar surface area (TPSA) is 57.8 Å². The van der Waals surface area contributed by atoms with Gasteiger partial charge < -0.3 is 10.3 Å². The van der Waals surface area contributed by atoms with Crippen LogP contribution in [0.4, 0.5) is 0 Å². The molecule has 0 radical (unpaired) electrons. The fraction of sp³-hybridized carbons (Fsp3) is 0.0769. The Hall–Kier alpha value is -2.36. The lowest BCUT2D eigenvalue weighted by atomic mass is 10.1. The SMILES string of the molecule is O=C1NCc2[nH]c3c(ccc4cnccc43)c21. The molecule has 3 heterocycles. The number of H-pyrrole nitrogens is 1. The molecular formula is C13H9N3O. The molecular weight excluding hydrogens is 214 g/mol. The standard InChI is InChI=1S/C13H9N3O/c17-13-11-9-2-1-7-5-14-4-3-8(7)12(9)16-10(11)6-15-13/h1-5,16H,6H2,(H,15,17). The zero-order valence-corrected chi connectivity index (χ0v) is 8.95. The van der Waals surface area contributed by atoms with Crippen LogP contribution in [-0.2, 0) is 6.54 Å². The molecule has 0 unspecified atom stereocenters. The van der Waals surface area contributed by atoms with Crippen LogP contribution < -0.4 is 5.32 Å². The highest BCUT2D eigenvalue weighted by atomic mass is 16.1. The molecule has 0 bridgehead atoms. The van der Waals surface area contributed by atoms with E-state index in [1.54, 1.807) is 6.20 Å². The van der Waals surface area contributed by atoms with Crippen LogP contribution in [0.15, 0.2) is 30.6 Å². The van der Waals surface area contributed by atoms with Crippen molar-refractivity contribution in [3.8, 4) is 0 Å². The molecule has 4 heteroatoms. The van der Waals surface area contributed by atoms with Gasteiger partial charge in [-0.15, -0.1) is 0 Å². The molecule has 2 N–H and O–H groups in total. The highest BCUT2D eigenvalue weighted by Gasteiger charge is 2.24. The number of carbonyl (C=O) groups excluding carboxylic acids is 1. The van der Waals surface area contributed by atoms with E-state index in [4.69, 9.17) is 0 Å². The number of benzene rings is 1. The third kappa shape index (κ3) is 1.02. The molecule has 0 fully saturated rings. The minimum atomic E-state index is 0.0136. The number of aromatic nitrogens is 2. The first-order valence-electron chi connectivity index (χ1n) is 5.50. The summed E-state index contributed by atoms with van der Waals surface area (Å²) in [5.74, 6) is 0.0136. The van der Waals surface area contributed by atoms with Crippen molar-refractivity contribution in [2.45, 2.75) is 6.54 Å². The van der Waals surface area contributed by atoms with Crippen molar-refractivity contribution in [1.82, 2.24) is 15.3 Å². The summed E-state index contributed by atoms with van der Waals surface area (Å²) in [6.07, 6.45) is 3.61. The summed E-state index contributed by atoms with van der Waals surface area (Å²) in [6.45, 7) is 0.593. The fourth-order valence-corrected chi connectivity index (χ4v) is 2.54. The van der Waals surface area contributed by atoms with Crippen LogP contribution in [0.3, 0.4) is 0 Å². The van der Waals surface area contributed by atoms with Crippen molar-refractivity contribution in [1.29, 1.82) is 0 Å². The van der Waals surface area contributed by atoms with Crippen LogP contribution in [0.2, 0.25) is 0 Å². The van der Waals surface area contributed by atoms with E-state index in [0.717, 1.165) is 32.9 Å². The van der Waals surface area contributed by atoms with E-state index in [2.05, 4.69) is 15.3 Å². The van der Waals surface area contributed by atoms with Gasteiger partial charge in [-0.3, -0.25) is 9.78 Å². The van der Waals surface area contributed by atoms with E-state index in [1.165, 1.54) is 0 Å². The van der Waals surface area contributed by atoms with Crippen molar-refractivity contribution in [3.63, 3.8) is 0 Å². The molecule has 0 spiro atoms. The fourth-order valence-electron chi connectivity index (χ4n) is 2.54. The van der Waals surface area contributed by atoms with E-state index in [0.29, 0.717) is 6.54 Å². The number of pyridine rings is 1. The maximum atomic E-state index is 11.7. The Morgan fingerprint density at radius 3 is 3.06 bits per heavy atom. The Bertz CT molecular complexity index is 773. The van der Waals surface area contributed by atoms with Gasteiger partial charge in [0.05, 0.1) is 17.6 Å². The molecule has 4 rings (SSSR count). The Morgan fingerprint density at radius 2 is 2.12 bits per heavy atom. The monoisotopic (exact) mass is 223 g/mol. The molecule has 1 aliphatic heterocycles. The smallest absolute Gasteiger partial charge is 0.254 e. The number of amides is 1. The van der Waals surface area contributed by atoms with Crippen LogP contribution in [0.25, 0.3) is 21.7 Å². The molecule has 17 heavy (non-hydrogen) atoms. The summed E-state index contributed by atoms with van der Waals surface area (Å²) in [5.41, 5.74) is 2.80. The van der Waals surface area contributed by atoms with Gasteiger partial charge in [0.2, 0.25) is 0 Å². The van der Waals surface area contributed by atoms with Gasteiger partial charge in [0.1, 0.15) is 0 Å². The molecule has 0 saturated heterocycles. The largest absolute Gasteiger partial charge is 0.356 e. The van der Waals surface area contributed by atoms with Crippen molar-refractivity contribution < 1.29 is 4.79 Å². The van der Waals surface area contributed by atoms with Gasteiger partial charge in [-0.25, -0.2) is 0 Å². The first-order chi connectivity index (χ1) is 8.34. The predicted molar refractivity (Wildman–Crippen MR) is 64.8 cm³/mol. The second-order valence-electron chi connectivity index (χ2n) is 4.25. The Labute approximate surface area is 96.7 Å². The Kier molecular flexibility index (Phi) is 1.47. The number of fused-ring (bicyclic) bond motifs is 5. The van der Waals surface area contributed by atoms with Gasteiger partial charge in [0.25, 0.3) is 5.91 Å². The van der Waals surface area contributed by atoms with Crippen molar-refractivity contribution in [2.75, 3.05) is 0 Å². The molecule has 3 aromatic rings. The second-order valence-corrected chi connectivity index (χ2v) is 4.25. The second kappa shape index (κ2) is 2.85. The molecule has 2 aromatic heterocycles. The van der Waals surface area contributed by atoms with Gasteiger partial charge in [-0.2, -0.15) is 0 Å². The minimum absolute atomic E-state index is 0.0136. The summed E-state index contributed by atoms with van der Waals surface area (Å²) < 4.78 is 0. The summed E-state index contributed by atoms with van der Waals surface area (Å²) >= 11 is 0. The highest BCUT2D eigenvalue weighted by molar-refractivity contribution is 6.16. The van der Waals surface area contributed by atoms with E-state index >= 15 is 0 Å². The lowest BCUT2D eigenvalue weighted by molar-refractivity contribution is 0.0967. The predicted octanol–water partition coefficient (Wildman–Crippen LogP) is 1.96. The quantitative estimate of drug-likeness (QED) is 0.612. The minimum Gasteiger partial charge on any atom is -0.356 e. The van der Waals surface area contributed by atoms with Gasteiger partial charge >= 0.3 is 0 Å². The first-order valence-corrected chi connectivity index (χ1v) is 5.50. The maximum absolute atomic E-state index is 11.7. The molecule has 1 amide bonds. The summed E-state index contributed by atoms with van der Waals surface area (Å²) in [4.78, 5) is 19.2. The number of aromatic amines is 1. The lowest BCUT2D eigenvalue weighted by Crippen LogP contribution is -2.13. The number of hydrogen-bond donors (Lipinski definition) is 2. The van der Waals surface area contributed by atoms with Crippen LogP contribution in [0.1, 0.15) is 16.1 Å². The lowest BCUT2D eigenvalue weighted by Gasteiger charge is -2.00. The van der Waals surface area contributed by atoms with Crippen LogP contribution in [-0.4, -0.2) is 15.9 Å². The summed E-state index contributed by atoms with van der Waals surface area (Å²) in [5, 5.41) is 6.01. The summed E-state index contributed by atoms with van der Waals surface area (Å²) in [7, 11) is 0. The number of carbonyl (C=O) groups is 1. The third-order valence-corrected chi connectivity index (χ3v) is 3.32. The maximum Gasteiger partial charge on any atom is 0.254 e. The zero-order valence-electron chi connectivity index (χ0n) is 8.95. The van der Waals surface area contributed by atoms with E-state index in [1.807, 2.05) is 24.4 Å². The van der Waals surface area contributed by atoms with Crippen LogP contribution in [0, 0.1) is 0 Å². The molecule has 1 aromatic carbocycles.